The lowest BCUT2D eigenvalue weighted by Crippen LogP contribution is -2.44. The molecule has 86 valence electrons. The number of hydrogen-bond donors (Lipinski definition) is 2. The van der Waals surface area contributed by atoms with Crippen LogP contribution in [-0.4, -0.2) is 42.1 Å². The van der Waals surface area contributed by atoms with E-state index in [1.807, 2.05) is 0 Å². The van der Waals surface area contributed by atoms with Gasteiger partial charge in [0.1, 0.15) is 0 Å². The first-order valence-electron chi connectivity index (χ1n) is 5.32. The fourth-order valence-electron chi connectivity index (χ4n) is 1.97. The quantitative estimate of drug-likeness (QED) is 0.733. The van der Waals surface area contributed by atoms with Gasteiger partial charge in [0.05, 0.1) is 0 Å². The summed E-state index contributed by atoms with van der Waals surface area (Å²) in [5, 5.41) is 11.2. The molecule has 1 atom stereocenters. The molecule has 0 radical (unpaired) electrons. The molecule has 1 aliphatic heterocycles. The lowest BCUT2D eigenvalue weighted by molar-refractivity contribution is -0.137. The second-order valence-corrected chi connectivity index (χ2v) is 3.94. The molecule has 1 rings (SSSR count). The van der Waals surface area contributed by atoms with E-state index in [-0.39, 0.29) is 12.5 Å². The Labute approximate surface area is 89.4 Å². The highest BCUT2D eigenvalue weighted by Gasteiger charge is 2.23. The van der Waals surface area contributed by atoms with Crippen LogP contribution in [0.2, 0.25) is 0 Å². The number of amides is 2. The molecule has 0 saturated carbocycles. The first kappa shape index (κ1) is 11.8. The number of likely N-dealkylation sites (tertiary alicyclic amines) is 1. The molecule has 0 aromatic rings. The Morgan fingerprint density at radius 1 is 1.53 bits per heavy atom. The molecule has 5 nitrogen and oxygen atoms in total. The van der Waals surface area contributed by atoms with E-state index in [2.05, 4.69) is 5.32 Å². The molecule has 1 saturated heterocycles. The molecule has 0 aromatic carbocycles. The summed E-state index contributed by atoms with van der Waals surface area (Å²) < 4.78 is 0. The van der Waals surface area contributed by atoms with Crippen LogP contribution in [0.15, 0.2) is 0 Å². The standard InChI is InChI=1S/C10H18N2O3/c1-11-10(15)12-6-2-3-8(7-12)4-5-9(13)14/h8H,2-7H2,1H3,(H,11,15)(H,13,14). The third-order valence-corrected chi connectivity index (χ3v) is 2.79. The van der Waals surface area contributed by atoms with Crippen molar-refractivity contribution < 1.29 is 14.7 Å². The van der Waals surface area contributed by atoms with E-state index < -0.39 is 5.97 Å². The van der Waals surface area contributed by atoms with Gasteiger partial charge in [-0.2, -0.15) is 0 Å². The van der Waals surface area contributed by atoms with E-state index in [0.29, 0.717) is 18.9 Å². The Morgan fingerprint density at radius 3 is 2.87 bits per heavy atom. The van der Waals surface area contributed by atoms with Crippen molar-refractivity contribution in [3.8, 4) is 0 Å². The monoisotopic (exact) mass is 214 g/mol. The average molecular weight is 214 g/mol. The number of carboxylic acid groups (broad SMARTS) is 1. The molecule has 0 spiro atoms. The van der Waals surface area contributed by atoms with Crippen molar-refractivity contribution in [1.29, 1.82) is 0 Å². The number of aliphatic carboxylic acids is 1. The summed E-state index contributed by atoms with van der Waals surface area (Å²) in [5.41, 5.74) is 0. The van der Waals surface area contributed by atoms with Crippen molar-refractivity contribution in [1.82, 2.24) is 10.2 Å². The maximum atomic E-state index is 11.3. The van der Waals surface area contributed by atoms with Gasteiger partial charge in [0, 0.05) is 26.6 Å². The van der Waals surface area contributed by atoms with Gasteiger partial charge in [0.15, 0.2) is 0 Å². The van der Waals surface area contributed by atoms with E-state index in [1.165, 1.54) is 0 Å². The van der Waals surface area contributed by atoms with Crippen LogP contribution in [0.5, 0.6) is 0 Å². The van der Waals surface area contributed by atoms with Crippen molar-refractivity contribution in [3.63, 3.8) is 0 Å². The summed E-state index contributed by atoms with van der Waals surface area (Å²) >= 11 is 0. The molecular formula is C10H18N2O3. The van der Waals surface area contributed by atoms with Crippen LogP contribution in [0, 0.1) is 5.92 Å². The van der Waals surface area contributed by atoms with Gasteiger partial charge >= 0.3 is 12.0 Å². The maximum Gasteiger partial charge on any atom is 0.317 e. The van der Waals surface area contributed by atoms with Crippen LogP contribution in [0.1, 0.15) is 25.7 Å². The largest absolute Gasteiger partial charge is 0.481 e. The average Bonchev–Trinajstić information content (AvgIpc) is 2.25. The highest BCUT2D eigenvalue weighted by Crippen LogP contribution is 2.20. The minimum absolute atomic E-state index is 0.0602. The van der Waals surface area contributed by atoms with Gasteiger partial charge in [0.2, 0.25) is 0 Å². The summed E-state index contributed by atoms with van der Waals surface area (Å²) in [6.07, 6.45) is 2.87. The lowest BCUT2D eigenvalue weighted by Gasteiger charge is -2.32. The predicted octanol–water partition coefficient (Wildman–Crippen LogP) is 0.903. The molecule has 0 bridgehead atoms. The molecule has 5 heteroatoms. The number of hydrogen-bond acceptors (Lipinski definition) is 2. The van der Waals surface area contributed by atoms with Crippen LogP contribution in [0.25, 0.3) is 0 Å². The van der Waals surface area contributed by atoms with Crippen molar-refractivity contribution in [2.75, 3.05) is 20.1 Å². The molecule has 1 aliphatic rings. The van der Waals surface area contributed by atoms with Crippen molar-refractivity contribution >= 4 is 12.0 Å². The Kier molecular flexibility index (Phi) is 4.39. The minimum atomic E-state index is -0.757. The van der Waals surface area contributed by atoms with E-state index in [4.69, 9.17) is 5.11 Å². The summed E-state index contributed by atoms with van der Waals surface area (Å²) in [5.74, 6) is -0.417. The highest BCUT2D eigenvalue weighted by atomic mass is 16.4. The van der Waals surface area contributed by atoms with Crippen LogP contribution in [0.4, 0.5) is 4.79 Å². The summed E-state index contributed by atoms with van der Waals surface area (Å²) in [6, 6.07) is -0.0602. The van der Waals surface area contributed by atoms with Gasteiger partial charge in [-0.05, 0) is 25.2 Å². The zero-order chi connectivity index (χ0) is 11.3. The Hall–Kier alpha value is -1.26. The lowest BCUT2D eigenvalue weighted by atomic mass is 9.93. The van der Waals surface area contributed by atoms with Crippen LogP contribution in [-0.2, 0) is 4.79 Å². The topological polar surface area (TPSA) is 69.6 Å². The fourth-order valence-corrected chi connectivity index (χ4v) is 1.97. The second kappa shape index (κ2) is 5.58. The number of carbonyl (C=O) groups excluding carboxylic acids is 1. The van der Waals surface area contributed by atoms with Gasteiger partial charge in [-0.25, -0.2) is 4.79 Å². The summed E-state index contributed by atoms with van der Waals surface area (Å²) in [4.78, 5) is 23.5. The van der Waals surface area contributed by atoms with Gasteiger partial charge in [-0.15, -0.1) is 0 Å². The van der Waals surface area contributed by atoms with Crippen molar-refractivity contribution in [2.45, 2.75) is 25.7 Å². The molecule has 1 heterocycles. The van der Waals surface area contributed by atoms with Gasteiger partial charge < -0.3 is 15.3 Å². The summed E-state index contributed by atoms with van der Waals surface area (Å²) in [6.45, 7) is 1.47. The molecule has 2 amide bonds. The third kappa shape index (κ3) is 3.77. The Morgan fingerprint density at radius 2 is 2.27 bits per heavy atom. The zero-order valence-corrected chi connectivity index (χ0v) is 9.03. The van der Waals surface area contributed by atoms with Crippen molar-refractivity contribution in [3.05, 3.63) is 0 Å². The van der Waals surface area contributed by atoms with E-state index in [1.54, 1.807) is 11.9 Å². The van der Waals surface area contributed by atoms with Gasteiger partial charge in [0.25, 0.3) is 0 Å². The molecule has 1 fully saturated rings. The first-order valence-corrected chi connectivity index (χ1v) is 5.32. The zero-order valence-electron chi connectivity index (χ0n) is 9.03. The third-order valence-electron chi connectivity index (χ3n) is 2.79. The number of rotatable bonds is 3. The number of carbonyl (C=O) groups is 2. The second-order valence-electron chi connectivity index (χ2n) is 3.94. The van der Waals surface area contributed by atoms with E-state index in [9.17, 15) is 9.59 Å². The maximum absolute atomic E-state index is 11.3. The van der Waals surface area contributed by atoms with Gasteiger partial charge in [-0.1, -0.05) is 0 Å². The molecule has 2 N–H and O–H groups in total. The minimum Gasteiger partial charge on any atom is -0.481 e. The van der Waals surface area contributed by atoms with Crippen LogP contribution in [0.3, 0.4) is 0 Å². The van der Waals surface area contributed by atoms with Crippen molar-refractivity contribution in [2.24, 2.45) is 5.92 Å². The normalized spacial score (nSPS) is 21.1. The highest BCUT2D eigenvalue weighted by molar-refractivity contribution is 5.73. The SMILES string of the molecule is CNC(=O)N1CCCC(CCC(=O)O)C1. The number of carboxylic acids is 1. The number of nitrogens with zero attached hydrogens (tertiary/aromatic N) is 1. The Bertz CT molecular complexity index is 243. The van der Waals surface area contributed by atoms with Crippen LogP contribution >= 0.6 is 0 Å². The Balaban J connectivity index is 2.35. The molecular weight excluding hydrogens is 196 g/mol. The molecule has 0 aromatic heterocycles. The molecule has 15 heavy (non-hydrogen) atoms. The molecule has 0 aliphatic carbocycles. The first-order chi connectivity index (χ1) is 7.13. The smallest absolute Gasteiger partial charge is 0.317 e. The summed E-state index contributed by atoms with van der Waals surface area (Å²) in [7, 11) is 1.61. The number of urea groups is 1. The van der Waals surface area contributed by atoms with Crippen LogP contribution < -0.4 is 5.32 Å². The molecule has 1 unspecified atom stereocenters. The number of nitrogens with one attached hydrogen (secondary N) is 1. The van der Waals surface area contributed by atoms with E-state index >= 15 is 0 Å². The number of piperidine rings is 1. The fraction of sp³-hybridized carbons (Fsp3) is 0.800. The predicted molar refractivity (Wildman–Crippen MR) is 55.6 cm³/mol. The van der Waals surface area contributed by atoms with Gasteiger partial charge in [-0.3, -0.25) is 4.79 Å². The van der Waals surface area contributed by atoms with E-state index in [0.717, 1.165) is 19.4 Å².